The molecule has 3 aromatic rings. The maximum Gasteiger partial charge on any atom is 0.123 e. The van der Waals surface area contributed by atoms with Crippen molar-refractivity contribution in [3.8, 4) is 0 Å². The molecular formula is C21H20FNO. The molecule has 0 spiro atoms. The molecule has 0 amide bonds. The van der Waals surface area contributed by atoms with Gasteiger partial charge in [-0.15, -0.1) is 0 Å². The minimum atomic E-state index is -0.206. The van der Waals surface area contributed by atoms with Crippen LogP contribution in [0.2, 0.25) is 0 Å². The molecule has 0 unspecified atom stereocenters. The van der Waals surface area contributed by atoms with E-state index in [9.17, 15) is 4.39 Å². The van der Waals surface area contributed by atoms with E-state index in [1.165, 1.54) is 28.5 Å². The zero-order valence-corrected chi connectivity index (χ0v) is 13.5. The lowest BCUT2D eigenvalue weighted by atomic mass is 10.0. The molecule has 4 rings (SSSR count). The largest absolute Gasteiger partial charge is 0.371 e. The Morgan fingerprint density at radius 3 is 2.62 bits per heavy atom. The molecule has 0 aliphatic carbocycles. The standard InChI is InChI=1S/C21H20FNO/c22-19-10-8-17(9-11-19)21-15-23(12-13-24-21)14-18-6-3-5-16-4-1-2-7-20(16)18/h1-11,21H,12-15H2/t21-/m1/s1. The average Bonchev–Trinajstić information content (AvgIpc) is 2.63. The number of ether oxygens (including phenoxy) is 1. The molecule has 24 heavy (non-hydrogen) atoms. The van der Waals surface area contributed by atoms with E-state index in [0.717, 1.165) is 25.2 Å². The highest BCUT2D eigenvalue weighted by Gasteiger charge is 2.22. The Morgan fingerprint density at radius 1 is 0.958 bits per heavy atom. The van der Waals surface area contributed by atoms with Crippen molar-refractivity contribution >= 4 is 10.8 Å². The van der Waals surface area contributed by atoms with E-state index in [-0.39, 0.29) is 11.9 Å². The molecule has 1 atom stereocenters. The van der Waals surface area contributed by atoms with Crippen molar-refractivity contribution in [2.75, 3.05) is 19.7 Å². The lowest BCUT2D eigenvalue weighted by Crippen LogP contribution is -2.37. The first-order chi connectivity index (χ1) is 11.8. The molecule has 0 bridgehead atoms. The van der Waals surface area contributed by atoms with Gasteiger partial charge in [-0.3, -0.25) is 4.90 Å². The van der Waals surface area contributed by atoms with E-state index in [4.69, 9.17) is 4.74 Å². The zero-order chi connectivity index (χ0) is 16.4. The molecule has 0 saturated carbocycles. The van der Waals surface area contributed by atoms with Gasteiger partial charge in [0, 0.05) is 19.6 Å². The third kappa shape index (κ3) is 3.18. The van der Waals surface area contributed by atoms with Crippen LogP contribution in [0.15, 0.2) is 66.7 Å². The first kappa shape index (κ1) is 15.3. The number of nitrogens with zero attached hydrogens (tertiary/aromatic N) is 1. The van der Waals surface area contributed by atoms with Crippen LogP contribution < -0.4 is 0 Å². The van der Waals surface area contributed by atoms with Gasteiger partial charge in [0.05, 0.1) is 12.7 Å². The highest BCUT2D eigenvalue weighted by Crippen LogP contribution is 2.25. The fourth-order valence-electron chi connectivity index (χ4n) is 3.40. The molecule has 0 radical (unpaired) electrons. The van der Waals surface area contributed by atoms with Gasteiger partial charge in [-0.25, -0.2) is 4.39 Å². The van der Waals surface area contributed by atoms with Gasteiger partial charge in [-0.2, -0.15) is 0 Å². The molecular weight excluding hydrogens is 301 g/mol. The SMILES string of the molecule is Fc1ccc([C@H]2CN(Cc3cccc4ccccc34)CCO2)cc1. The Bertz CT molecular complexity index is 825. The summed E-state index contributed by atoms with van der Waals surface area (Å²) in [6, 6.07) is 21.6. The Balaban J connectivity index is 1.53. The molecule has 1 aliphatic rings. The number of hydrogen-bond acceptors (Lipinski definition) is 2. The van der Waals surface area contributed by atoms with Gasteiger partial charge in [0.1, 0.15) is 5.82 Å². The first-order valence-corrected chi connectivity index (χ1v) is 8.36. The summed E-state index contributed by atoms with van der Waals surface area (Å²) in [7, 11) is 0. The van der Waals surface area contributed by atoms with Crippen molar-refractivity contribution in [3.05, 3.63) is 83.7 Å². The van der Waals surface area contributed by atoms with Crippen LogP contribution in [-0.4, -0.2) is 24.6 Å². The van der Waals surface area contributed by atoms with Crippen LogP contribution in [-0.2, 0) is 11.3 Å². The van der Waals surface area contributed by atoms with Crippen LogP contribution >= 0.6 is 0 Å². The Morgan fingerprint density at radius 2 is 1.75 bits per heavy atom. The summed E-state index contributed by atoms with van der Waals surface area (Å²) in [5, 5.41) is 2.59. The minimum Gasteiger partial charge on any atom is -0.371 e. The van der Waals surface area contributed by atoms with Crippen molar-refractivity contribution in [2.24, 2.45) is 0 Å². The van der Waals surface area contributed by atoms with E-state index in [1.807, 2.05) is 12.1 Å². The summed E-state index contributed by atoms with van der Waals surface area (Å²) in [6.07, 6.45) is 0.00864. The Kier molecular flexibility index (Phi) is 4.28. The van der Waals surface area contributed by atoms with Crippen LogP contribution in [0.4, 0.5) is 4.39 Å². The summed E-state index contributed by atoms with van der Waals surface area (Å²) < 4.78 is 19.0. The van der Waals surface area contributed by atoms with Crippen molar-refractivity contribution < 1.29 is 9.13 Å². The highest BCUT2D eigenvalue weighted by molar-refractivity contribution is 5.85. The smallest absolute Gasteiger partial charge is 0.123 e. The molecule has 1 saturated heterocycles. The average molecular weight is 321 g/mol. The minimum absolute atomic E-state index is 0.00864. The molecule has 3 heteroatoms. The monoisotopic (exact) mass is 321 g/mol. The van der Waals surface area contributed by atoms with Gasteiger partial charge < -0.3 is 4.74 Å². The molecule has 1 fully saturated rings. The lowest BCUT2D eigenvalue weighted by Gasteiger charge is -2.33. The second kappa shape index (κ2) is 6.71. The molecule has 3 aromatic carbocycles. The van der Waals surface area contributed by atoms with Gasteiger partial charge in [0.25, 0.3) is 0 Å². The van der Waals surface area contributed by atoms with Crippen molar-refractivity contribution in [2.45, 2.75) is 12.6 Å². The van der Waals surface area contributed by atoms with Crippen LogP contribution in [0.3, 0.4) is 0 Å². The van der Waals surface area contributed by atoms with Crippen LogP contribution in [0, 0.1) is 5.82 Å². The second-order valence-corrected chi connectivity index (χ2v) is 6.28. The van der Waals surface area contributed by atoms with Gasteiger partial charge in [0.15, 0.2) is 0 Å². The second-order valence-electron chi connectivity index (χ2n) is 6.28. The Hall–Kier alpha value is -2.23. The van der Waals surface area contributed by atoms with E-state index in [2.05, 4.69) is 47.4 Å². The number of halogens is 1. The van der Waals surface area contributed by atoms with Gasteiger partial charge >= 0.3 is 0 Å². The predicted molar refractivity (Wildman–Crippen MR) is 94.3 cm³/mol. The topological polar surface area (TPSA) is 12.5 Å². The molecule has 2 nitrogen and oxygen atoms in total. The van der Waals surface area contributed by atoms with E-state index in [1.54, 1.807) is 0 Å². The van der Waals surface area contributed by atoms with Crippen molar-refractivity contribution in [1.29, 1.82) is 0 Å². The summed E-state index contributed by atoms with van der Waals surface area (Å²) in [5.74, 6) is -0.206. The third-order valence-electron chi connectivity index (χ3n) is 4.67. The number of fused-ring (bicyclic) bond motifs is 1. The number of benzene rings is 3. The van der Waals surface area contributed by atoms with E-state index in [0.29, 0.717) is 6.61 Å². The summed E-state index contributed by atoms with van der Waals surface area (Å²) in [4.78, 5) is 2.42. The highest BCUT2D eigenvalue weighted by atomic mass is 19.1. The van der Waals surface area contributed by atoms with Crippen LogP contribution in [0.1, 0.15) is 17.2 Å². The number of morpholine rings is 1. The third-order valence-corrected chi connectivity index (χ3v) is 4.67. The van der Waals surface area contributed by atoms with Crippen LogP contribution in [0.5, 0.6) is 0 Å². The number of hydrogen-bond donors (Lipinski definition) is 0. The van der Waals surface area contributed by atoms with Crippen molar-refractivity contribution in [1.82, 2.24) is 4.90 Å². The normalized spacial score (nSPS) is 18.8. The maximum atomic E-state index is 13.1. The van der Waals surface area contributed by atoms with Gasteiger partial charge in [0.2, 0.25) is 0 Å². The summed E-state index contributed by atoms with van der Waals surface area (Å²) in [6.45, 7) is 3.35. The van der Waals surface area contributed by atoms with Gasteiger partial charge in [-0.05, 0) is 34.0 Å². The van der Waals surface area contributed by atoms with E-state index >= 15 is 0 Å². The summed E-state index contributed by atoms with van der Waals surface area (Å²) in [5.41, 5.74) is 2.38. The number of rotatable bonds is 3. The van der Waals surface area contributed by atoms with Crippen LogP contribution in [0.25, 0.3) is 10.8 Å². The molecule has 1 heterocycles. The molecule has 0 N–H and O–H groups in total. The fraction of sp³-hybridized carbons (Fsp3) is 0.238. The maximum absolute atomic E-state index is 13.1. The van der Waals surface area contributed by atoms with Crippen molar-refractivity contribution in [3.63, 3.8) is 0 Å². The lowest BCUT2D eigenvalue weighted by molar-refractivity contribution is -0.0328. The van der Waals surface area contributed by atoms with E-state index < -0.39 is 0 Å². The molecule has 1 aliphatic heterocycles. The molecule has 0 aromatic heterocycles. The fourth-order valence-corrected chi connectivity index (χ4v) is 3.40. The first-order valence-electron chi connectivity index (χ1n) is 8.36. The zero-order valence-electron chi connectivity index (χ0n) is 13.5. The quantitative estimate of drug-likeness (QED) is 0.701. The summed E-state index contributed by atoms with van der Waals surface area (Å²) >= 11 is 0. The van der Waals surface area contributed by atoms with Gasteiger partial charge in [-0.1, -0.05) is 54.6 Å². The Labute approximate surface area is 141 Å². The predicted octanol–water partition coefficient (Wildman–Crippen LogP) is 4.55. The molecule has 122 valence electrons.